The summed E-state index contributed by atoms with van der Waals surface area (Å²) in [6, 6.07) is 8.10. The van der Waals surface area contributed by atoms with E-state index in [-0.39, 0.29) is 5.56 Å². The Morgan fingerprint density at radius 2 is 1.79 bits per heavy atom. The first-order valence-corrected chi connectivity index (χ1v) is 8.80. The fraction of sp³-hybridized carbons (Fsp3) is 0.150. The molecule has 29 heavy (non-hydrogen) atoms. The maximum Gasteiger partial charge on any atom is 0.276 e. The molecule has 3 aromatic rings. The molecule has 0 saturated carbocycles. The minimum absolute atomic E-state index is 0.0677. The number of hydrazone groups is 1. The number of carbonyl (C=O) groups is 1. The van der Waals surface area contributed by atoms with Gasteiger partial charge in [-0.2, -0.15) is 5.10 Å². The van der Waals surface area contributed by atoms with Gasteiger partial charge in [-0.25, -0.2) is 5.43 Å². The molecule has 0 aliphatic heterocycles. The van der Waals surface area contributed by atoms with Crippen LogP contribution in [0.3, 0.4) is 0 Å². The van der Waals surface area contributed by atoms with Crippen LogP contribution in [-0.4, -0.2) is 38.4 Å². The second-order valence-electron chi connectivity index (χ2n) is 5.88. The number of halogens is 1. The second-order valence-corrected chi connectivity index (χ2v) is 6.32. The number of pyridine rings is 1. The molecule has 0 aliphatic rings. The van der Waals surface area contributed by atoms with E-state index in [1.165, 1.54) is 33.7 Å². The van der Waals surface area contributed by atoms with Crippen molar-refractivity contribution in [2.24, 2.45) is 5.10 Å². The molecule has 0 fully saturated rings. The number of aromatic nitrogens is 1. The van der Waals surface area contributed by atoms with E-state index < -0.39 is 11.3 Å². The molecule has 0 atom stereocenters. The van der Waals surface area contributed by atoms with Crippen molar-refractivity contribution in [3.63, 3.8) is 0 Å². The first-order valence-electron chi connectivity index (χ1n) is 8.42. The molecule has 3 rings (SSSR count). The monoisotopic (exact) mass is 415 g/mol. The Labute approximate surface area is 171 Å². The summed E-state index contributed by atoms with van der Waals surface area (Å²) in [5.41, 5.74) is 2.99. The third kappa shape index (κ3) is 4.17. The first kappa shape index (κ1) is 20.2. The molecule has 9 heteroatoms. The molecule has 1 aromatic heterocycles. The number of fused-ring (bicyclic) bond motifs is 1. The highest BCUT2D eigenvalue weighted by Crippen LogP contribution is 2.37. The van der Waals surface area contributed by atoms with E-state index in [0.29, 0.717) is 38.7 Å². The highest BCUT2D eigenvalue weighted by Gasteiger charge is 2.14. The fourth-order valence-corrected chi connectivity index (χ4v) is 2.94. The van der Waals surface area contributed by atoms with Crippen molar-refractivity contribution in [3.05, 3.63) is 62.9 Å². The van der Waals surface area contributed by atoms with Crippen LogP contribution >= 0.6 is 11.6 Å². The van der Waals surface area contributed by atoms with Gasteiger partial charge in [0.2, 0.25) is 11.2 Å². The number of aromatic amines is 1. The molecule has 2 N–H and O–H groups in total. The Balaban J connectivity index is 1.83. The standard InChI is InChI=1S/C20H18ClN3O5/c1-27-16-6-11(7-17(28-2)19(16)29-3)9-23-24-20(26)14-10-22-15-8-12(21)4-5-13(15)18(14)25/h4-10H,1-3H3,(H,22,25)(H,24,26)/b23-9+. The average molecular weight is 416 g/mol. The molecule has 1 amide bonds. The topological polar surface area (TPSA) is 102 Å². The van der Waals surface area contributed by atoms with E-state index in [2.05, 4.69) is 15.5 Å². The Kier molecular flexibility index (Phi) is 6.04. The van der Waals surface area contributed by atoms with Crippen LogP contribution < -0.4 is 25.1 Å². The van der Waals surface area contributed by atoms with E-state index in [1.807, 2.05) is 0 Å². The third-order valence-electron chi connectivity index (χ3n) is 4.15. The SMILES string of the molecule is COc1cc(/C=N/NC(=O)c2c[nH]c3cc(Cl)ccc3c2=O)cc(OC)c1OC. The van der Waals surface area contributed by atoms with Gasteiger partial charge in [-0.15, -0.1) is 0 Å². The van der Waals surface area contributed by atoms with E-state index in [4.69, 9.17) is 25.8 Å². The Morgan fingerprint density at radius 1 is 1.10 bits per heavy atom. The summed E-state index contributed by atoms with van der Waals surface area (Å²) >= 11 is 5.92. The van der Waals surface area contributed by atoms with Gasteiger partial charge in [-0.1, -0.05) is 11.6 Å². The van der Waals surface area contributed by atoms with E-state index in [9.17, 15) is 9.59 Å². The number of ether oxygens (including phenoxy) is 3. The zero-order valence-electron chi connectivity index (χ0n) is 15.9. The van der Waals surface area contributed by atoms with E-state index >= 15 is 0 Å². The van der Waals surface area contributed by atoms with Crippen LogP contribution in [0.2, 0.25) is 5.02 Å². The van der Waals surface area contributed by atoms with Crippen LogP contribution in [0.4, 0.5) is 0 Å². The van der Waals surface area contributed by atoms with Gasteiger partial charge < -0.3 is 19.2 Å². The maximum atomic E-state index is 12.5. The Hall–Kier alpha value is -3.52. The van der Waals surface area contributed by atoms with Gasteiger partial charge in [0.05, 0.1) is 33.1 Å². The van der Waals surface area contributed by atoms with E-state index in [0.717, 1.165) is 0 Å². The molecule has 0 radical (unpaired) electrons. The molecule has 0 spiro atoms. The van der Waals surface area contributed by atoms with Gasteiger partial charge in [0.25, 0.3) is 5.91 Å². The second kappa shape index (κ2) is 8.66. The molecule has 0 saturated heterocycles. The molecular formula is C20H18ClN3O5. The van der Waals surface area contributed by atoms with Gasteiger partial charge in [0, 0.05) is 22.2 Å². The number of rotatable bonds is 6. The van der Waals surface area contributed by atoms with Crippen LogP contribution in [0.15, 0.2) is 46.4 Å². The van der Waals surface area contributed by atoms with Crippen LogP contribution in [0, 0.1) is 0 Å². The van der Waals surface area contributed by atoms with Crippen LogP contribution in [-0.2, 0) is 0 Å². The quantitative estimate of drug-likeness (QED) is 0.476. The van der Waals surface area contributed by atoms with Gasteiger partial charge >= 0.3 is 0 Å². The Bertz CT molecular complexity index is 1130. The fourth-order valence-electron chi connectivity index (χ4n) is 2.76. The number of hydrogen-bond donors (Lipinski definition) is 2. The van der Waals surface area contributed by atoms with Crippen molar-refractivity contribution in [2.45, 2.75) is 0 Å². The summed E-state index contributed by atoms with van der Waals surface area (Å²) in [4.78, 5) is 27.8. The molecule has 2 aromatic carbocycles. The highest BCUT2D eigenvalue weighted by molar-refractivity contribution is 6.31. The smallest absolute Gasteiger partial charge is 0.276 e. The Morgan fingerprint density at radius 3 is 2.41 bits per heavy atom. The zero-order chi connectivity index (χ0) is 21.0. The van der Waals surface area contributed by atoms with Crippen molar-refractivity contribution in [1.29, 1.82) is 0 Å². The van der Waals surface area contributed by atoms with Crippen LogP contribution in [0.25, 0.3) is 10.9 Å². The molecule has 0 aliphatic carbocycles. The number of methoxy groups -OCH3 is 3. The average Bonchev–Trinajstić information content (AvgIpc) is 2.72. The lowest BCUT2D eigenvalue weighted by molar-refractivity contribution is 0.0954. The summed E-state index contributed by atoms with van der Waals surface area (Å²) in [7, 11) is 4.50. The van der Waals surface area contributed by atoms with Gasteiger partial charge in [-0.3, -0.25) is 9.59 Å². The zero-order valence-corrected chi connectivity index (χ0v) is 16.7. The number of benzene rings is 2. The van der Waals surface area contributed by atoms with Crippen molar-refractivity contribution in [3.8, 4) is 17.2 Å². The van der Waals surface area contributed by atoms with Crippen LogP contribution in [0.1, 0.15) is 15.9 Å². The number of nitrogens with one attached hydrogen (secondary N) is 2. The summed E-state index contributed by atoms with van der Waals surface area (Å²) < 4.78 is 15.8. The van der Waals surface area contributed by atoms with E-state index in [1.54, 1.807) is 30.3 Å². The molecule has 8 nitrogen and oxygen atoms in total. The lowest BCUT2D eigenvalue weighted by atomic mass is 10.1. The molecular weight excluding hydrogens is 398 g/mol. The van der Waals surface area contributed by atoms with Crippen molar-refractivity contribution >= 4 is 34.6 Å². The number of H-pyrrole nitrogens is 1. The van der Waals surface area contributed by atoms with Gasteiger partial charge in [-0.05, 0) is 30.3 Å². The summed E-state index contributed by atoms with van der Waals surface area (Å²) in [6.45, 7) is 0. The minimum atomic E-state index is -0.646. The van der Waals surface area contributed by atoms with Gasteiger partial charge in [0.1, 0.15) is 5.56 Å². The summed E-state index contributed by atoms with van der Waals surface area (Å²) in [5, 5.41) is 4.75. The lowest BCUT2D eigenvalue weighted by Crippen LogP contribution is -2.25. The summed E-state index contributed by atoms with van der Waals surface area (Å²) in [6.07, 6.45) is 2.72. The summed E-state index contributed by atoms with van der Waals surface area (Å²) in [5.74, 6) is 0.694. The minimum Gasteiger partial charge on any atom is -0.493 e. The predicted molar refractivity (Wildman–Crippen MR) is 111 cm³/mol. The van der Waals surface area contributed by atoms with Crippen molar-refractivity contribution < 1.29 is 19.0 Å². The number of amides is 1. The van der Waals surface area contributed by atoms with Crippen LogP contribution in [0.5, 0.6) is 17.2 Å². The van der Waals surface area contributed by atoms with Gasteiger partial charge in [0.15, 0.2) is 11.5 Å². The highest BCUT2D eigenvalue weighted by atomic mass is 35.5. The molecule has 0 bridgehead atoms. The largest absolute Gasteiger partial charge is 0.493 e. The third-order valence-corrected chi connectivity index (χ3v) is 4.39. The number of nitrogens with zero attached hydrogens (tertiary/aromatic N) is 1. The normalized spacial score (nSPS) is 10.9. The molecule has 1 heterocycles. The molecule has 0 unspecified atom stereocenters. The number of hydrogen-bond acceptors (Lipinski definition) is 6. The predicted octanol–water partition coefficient (Wildman–Crippen LogP) is 2.97. The van der Waals surface area contributed by atoms with Crippen molar-refractivity contribution in [2.75, 3.05) is 21.3 Å². The lowest BCUT2D eigenvalue weighted by Gasteiger charge is -2.12. The molecule has 150 valence electrons. The first-order chi connectivity index (χ1) is 14.0. The number of carbonyl (C=O) groups excluding carboxylic acids is 1. The maximum absolute atomic E-state index is 12.5. The van der Waals surface area contributed by atoms with Crippen molar-refractivity contribution in [1.82, 2.24) is 10.4 Å².